The molecule has 20 heavy (non-hydrogen) atoms. The van der Waals surface area contributed by atoms with Gasteiger partial charge in [0.25, 0.3) is 0 Å². The maximum atomic E-state index is 11.7. The van der Waals surface area contributed by atoms with Gasteiger partial charge in [-0.15, -0.1) is 0 Å². The Balaban J connectivity index is 2.28. The second-order valence-corrected chi connectivity index (χ2v) is 5.01. The number of carbonyl (C=O) groups is 1. The number of hydrogen-bond acceptors (Lipinski definition) is 2. The van der Waals surface area contributed by atoms with Gasteiger partial charge in [0.2, 0.25) is 0 Å². The molecular weight excluding hydrogens is 248 g/mol. The number of allylic oxidation sites excluding steroid dienone is 4. The summed E-state index contributed by atoms with van der Waals surface area (Å²) in [5, 5.41) is 0. The fourth-order valence-corrected chi connectivity index (χ4v) is 1.80. The molecule has 0 aliphatic carbocycles. The van der Waals surface area contributed by atoms with E-state index >= 15 is 0 Å². The Morgan fingerprint density at radius 2 is 2.00 bits per heavy atom. The topological polar surface area (TPSA) is 26.3 Å². The molecular formula is C18H24O2. The molecule has 0 heterocycles. The van der Waals surface area contributed by atoms with Crippen molar-refractivity contribution in [3.8, 4) is 0 Å². The lowest BCUT2D eigenvalue weighted by Gasteiger charge is -2.12. The normalized spacial score (nSPS) is 13.4. The van der Waals surface area contributed by atoms with Crippen LogP contribution in [0, 0.1) is 5.92 Å². The van der Waals surface area contributed by atoms with E-state index in [1.165, 1.54) is 5.57 Å². The standard InChI is InChI=1S/C18H24O2/c1-4-5-9-15(2)16(3)12-13-20-18(19)14-17-10-7-6-8-11-17/h4-11,16H,12-14H2,1-3H3/b5-4+,15-9+. The predicted octanol–water partition coefficient (Wildman–Crippen LogP) is 4.32. The van der Waals surface area contributed by atoms with Crippen LogP contribution in [-0.2, 0) is 16.0 Å². The summed E-state index contributed by atoms with van der Waals surface area (Å²) in [6.07, 6.45) is 7.36. The molecule has 0 aliphatic rings. The molecule has 1 atom stereocenters. The maximum absolute atomic E-state index is 11.7. The molecule has 1 unspecified atom stereocenters. The van der Waals surface area contributed by atoms with Crippen molar-refractivity contribution in [2.75, 3.05) is 6.61 Å². The number of ether oxygens (including phenoxy) is 1. The van der Waals surface area contributed by atoms with Crippen molar-refractivity contribution in [1.82, 2.24) is 0 Å². The zero-order chi connectivity index (χ0) is 14.8. The van der Waals surface area contributed by atoms with Crippen molar-refractivity contribution >= 4 is 5.97 Å². The minimum absolute atomic E-state index is 0.154. The van der Waals surface area contributed by atoms with Crippen molar-refractivity contribution in [2.45, 2.75) is 33.6 Å². The van der Waals surface area contributed by atoms with E-state index in [1.54, 1.807) is 0 Å². The molecule has 1 aromatic rings. The molecule has 0 N–H and O–H groups in total. The number of carbonyl (C=O) groups excluding carboxylic acids is 1. The fraction of sp³-hybridized carbons (Fsp3) is 0.389. The predicted molar refractivity (Wildman–Crippen MR) is 83.5 cm³/mol. The van der Waals surface area contributed by atoms with Crippen LogP contribution in [0.3, 0.4) is 0 Å². The second kappa shape index (κ2) is 9.13. The molecule has 0 amide bonds. The molecule has 0 spiro atoms. The van der Waals surface area contributed by atoms with Crippen LogP contribution in [0.4, 0.5) is 0 Å². The van der Waals surface area contributed by atoms with E-state index in [-0.39, 0.29) is 5.97 Å². The molecule has 1 aromatic carbocycles. The molecule has 0 aromatic heterocycles. The van der Waals surface area contributed by atoms with Crippen LogP contribution < -0.4 is 0 Å². The van der Waals surface area contributed by atoms with E-state index in [9.17, 15) is 4.79 Å². The molecule has 2 nitrogen and oxygen atoms in total. The number of benzene rings is 1. The lowest BCUT2D eigenvalue weighted by atomic mass is 9.99. The van der Waals surface area contributed by atoms with Gasteiger partial charge in [0.1, 0.15) is 0 Å². The zero-order valence-corrected chi connectivity index (χ0v) is 12.6. The molecule has 0 bridgehead atoms. The van der Waals surface area contributed by atoms with Crippen LogP contribution in [0.1, 0.15) is 32.8 Å². The third-order valence-electron chi connectivity index (χ3n) is 3.33. The van der Waals surface area contributed by atoms with Crippen LogP contribution in [0.15, 0.2) is 54.1 Å². The van der Waals surface area contributed by atoms with Crippen molar-refractivity contribution in [2.24, 2.45) is 5.92 Å². The highest BCUT2D eigenvalue weighted by molar-refractivity contribution is 5.72. The third-order valence-corrected chi connectivity index (χ3v) is 3.33. The van der Waals surface area contributed by atoms with Gasteiger partial charge < -0.3 is 4.74 Å². The highest BCUT2D eigenvalue weighted by Gasteiger charge is 2.07. The highest BCUT2D eigenvalue weighted by Crippen LogP contribution is 2.14. The summed E-state index contributed by atoms with van der Waals surface area (Å²) >= 11 is 0. The van der Waals surface area contributed by atoms with Gasteiger partial charge in [0.05, 0.1) is 13.0 Å². The van der Waals surface area contributed by atoms with Crippen molar-refractivity contribution in [3.05, 3.63) is 59.7 Å². The van der Waals surface area contributed by atoms with Gasteiger partial charge in [-0.1, -0.05) is 61.1 Å². The summed E-state index contributed by atoms with van der Waals surface area (Å²) in [4.78, 5) is 11.7. The minimum Gasteiger partial charge on any atom is -0.465 e. The summed E-state index contributed by atoms with van der Waals surface area (Å²) < 4.78 is 5.29. The Morgan fingerprint density at radius 3 is 2.65 bits per heavy atom. The molecule has 1 rings (SSSR count). The Hall–Kier alpha value is -1.83. The SMILES string of the molecule is C/C=C/C=C(\C)C(C)CCOC(=O)Cc1ccccc1. The monoisotopic (exact) mass is 272 g/mol. The van der Waals surface area contributed by atoms with E-state index < -0.39 is 0 Å². The van der Waals surface area contributed by atoms with Gasteiger partial charge in [-0.2, -0.15) is 0 Å². The van der Waals surface area contributed by atoms with Crippen LogP contribution >= 0.6 is 0 Å². The summed E-state index contributed by atoms with van der Waals surface area (Å²) in [6.45, 7) is 6.74. The van der Waals surface area contributed by atoms with E-state index in [1.807, 2.05) is 49.4 Å². The Morgan fingerprint density at radius 1 is 1.30 bits per heavy atom. The fourth-order valence-electron chi connectivity index (χ4n) is 1.80. The van der Waals surface area contributed by atoms with Gasteiger partial charge in [-0.3, -0.25) is 4.79 Å². The molecule has 0 fully saturated rings. The van der Waals surface area contributed by atoms with Crippen LogP contribution in [-0.4, -0.2) is 12.6 Å². The lowest BCUT2D eigenvalue weighted by Crippen LogP contribution is -2.11. The van der Waals surface area contributed by atoms with Crippen LogP contribution in [0.25, 0.3) is 0 Å². The first-order valence-electron chi connectivity index (χ1n) is 7.12. The highest BCUT2D eigenvalue weighted by atomic mass is 16.5. The van der Waals surface area contributed by atoms with Crippen LogP contribution in [0.2, 0.25) is 0 Å². The molecule has 0 radical (unpaired) electrons. The first-order valence-corrected chi connectivity index (χ1v) is 7.12. The summed E-state index contributed by atoms with van der Waals surface area (Å²) in [6, 6.07) is 9.68. The summed E-state index contributed by atoms with van der Waals surface area (Å²) in [5.41, 5.74) is 2.30. The van der Waals surface area contributed by atoms with Gasteiger partial charge in [-0.25, -0.2) is 0 Å². The molecule has 0 saturated heterocycles. The van der Waals surface area contributed by atoms with Crippen molar-refractivity contribution in [1.29, 1.82) is 0 Å². The molecule has 108 valence electrons. The van der Waals surface area contributed by atoms with E-state index in [4.69, 9.17) is 4.74 Å². The third kappa shape index (κ3) is 6.37. The lowest BCUT2D eigenvalue weighted by molar-refractivity contribution is -0.143. The smallest absolute Gasteiger partial charge is 0.310 e. The van der Waals surface area contributed by atoms with E-state index in [0.717, 1.165) is 12.0 Å². The molecule has 2 heteroatoms. The minimum atomic E-state index is -0.154. The quantitative estimate of drug-likeness (QED) is 0.546. The Labute approximate surface area is 122 Å². The first kappa shape index (κ1) is 16.2. The average molecular weight is 272 g/mol. The van der Waals surface area contributed by atoms with E-state index in [0.29, 0.717) is 18.9 Å². The van der Waals surface area contributed by atoms with Crippen molar-refractivity contribution in [3.63, 3.8) is 0 Å². The van der Waals surface area contributed by atoms with Gasteiger partial charge in [0.15, 0.2) is 0 Å². The largest absolute Gasteiger partial charge is 0.465 e. The van der Waals surface area contributed by atoms with E-state index in [2.05, 4.69) is 19.9 Å². The number of rotatable bonds is 7. The summed E-state index contributed by atoms with van der Waals surface area (Å²) in [5.74, 6) is 0.272. The van der Waals surface area contributed by atoms with Gasteiger partial charge >= 0.3 is 5.97 Å². The van der Waals surface area contributed by atoms with Crippen molar-refractivity contribution < 1.29 is 9.53 Å². The zero-order valence-electron chi connectivity index (χ0n) is 12.6. The average Bonchev–Trinajstić information content (AvgIpc) is 2.45. The maximum Gasteiger partial charge on any atom is 0.310 e. The second-order valence-electron chi connectivity index (χ2n) is 5.01. The van der Waals surface area contributed by atoms with Gasteiger partial charge in [-0.05, 0) is 31.7 Å². The van der Waals surface area contributed by atoms with Crippen LogP contribution in [0.5, 0.6) is 0 Å². The Kier molecular flexibility index (Phi) is 7.41. The Bertz CT molecular complexity index is 458. The number of hydrogen-bond donors (Lipinski definition) is 0. The van der Waals surface area contributed by atoms with Gasteiger partial charge in [0, 0.05) is 0 Å². The number of esters is 1. The summed E-state index contributed by atoms with van der Waals surface area (Å²) in [7, 11) is 0. The first-order chi connectivity index (χ1) is 9.63. The molecule has 0 aliphatic heterocycles. The molecule has 0 saturated carbocycles.